The van der Waals surface area contributed by atoms with E-state index >= 15 is 0 Å². The summed E-state index contributed by atoms with van der Waals surface area (Å²) in [4.78, 5) is 23.5. The Bertz CT molecular complexity index is 934. The zero-order valence-electron chi connectivity index (χ0n) is 15.4. The molecule has 2 aromatic heterocycles. The number of thiazole rings is 1. The molecule has 0 aliphatic carbocycles. The molecule has 0 aliphatic rings. The number of pyridine rings is 1. The van der Waals surface area contributed by atoms with Gasteiger partial charge in [0.25, 0.3) is 5.91 Å². The summed E-state index contributed by atoms with van der Waals surface area (Å²) in [6.45, 7) is 7.89. The van der Waals surface area contributed by atoms with E-state index < -0.39 is 0 Å². The fourth-order valence-electron chi connectivity index (χ4n) is 2.86. The summed E-state index contributed by atoms with van der Waals surface area (Å²) in [7, 11) is 1.63. The van der Waals surface area contributed by atoms with Gasteiger partial charge in [-0.2, -0.15) is 0 Å². The molecule has 3 aromatic rings. The molecule has 0 radical (unpaired) electrons. The van der Waals surface area contributed by atoms with Crippen molar-refractivity contribution >= 4 is 38.3 Å². The molecule has 0 fully saturated rings. The number of aryl methyl sites for hydroxylation is 1. The van der Waals surface area contributed by atoms with Gasteiger partial charge in [-0.05, 0) is 45.0 Å². The molecule has 0 saturated heterocycles. The van der Waals surface area contributed by atoms with Crippen LogP contribution in [0, 0.1) is 6.92 Å². The van der Waals surface area contributed by atoms with Crippen LogP contribution >= 0.6 is 11.3 Å². The molecule has 6 nitrogen and oxygen atoms in total. The molecule has 0 unspecified atom stereocenters. The number of hydrogen-bond acceptors (Lipinski definition) is 6. The highest BCUT2D eigenvalue weighted by Crippen LogP contribution is 2.39. The van der Waals surface area contributed by atoms with E-state index in [0.717, 1.165) is 34.7 Å². The van der Waals surface area contributed by atoms with Crippen LogP contribution in [-0.4, -0.2) is 36.1 Å². The Hall–Kier alpha value is -2.67. The maximum atomic E-state index is 12.5. The highest BCUT2D eigenvalue weighted by atomic mass is 32.1. The van der Waals surface area contributed by atoms with Gasteiger partial charge in [0.05, 0.1) is 17.5 Å². The number of rotatable bonds is 6. The number of carbonyl (C=O) groups excluding carboxylic acids is 1. The summed E-state index contributed by atoms with van der Waals surface area (Å²) in [5.41, 5.74) is 3.23. The Morgan fingerprint density at radius 1 is 1.27 bits per heavy atom. The molecule has 0 saturated carbocycles. The van der Waals surface area contributed by atoms with E-state index in [1.54, 1.807) is 25.4 Å². The minimum absolute atomic E-state index is 0.196. The van der Waals surface area contributed by atoms with Gasteiger partial charge in [0.15, 0.2) is 5.13 Å². The van der Waals surface area contributed by atoms with Gasteiger partial charge in [-0.1, -0.05) is 11.3 Å². The molecule has 0 atom stereocenters. The monoisotopic (exact) mass is 370 g/mol. The first-order valence-corrected chi connectivity index (χ1v) is 9.35. The highest BCUT2D eigenvalue weighted by Gasteiger charge is 2.17. The lowest BCUT2D eigenvalue weighted by Gasteiger charge is -2.21. The SMILES string of the molecule is CCN(CC)c1ccc(OC)c2nc(NC(=O)c3ccnc(C)c3)sc12. The van der Waals surface area contributed by atoms with Crippen LogP contribution in [0.25, 0.3) is 10.2 Å². The molecule has 136 valence electrons. The summed E-state index contributed by atoms with van der Waals surface area (Å²) >= 11 is 1.46. The van der Waals surface area contributed by atoms with E-state index in [1.165, 1.54) is 11.3 Å². The molecule has 3 rings (SSSR count). The van der Waals surface area contributed by atoms with Crippen molar-refractivity contribution < 1.29 is 9.53 Å². The lowest BCUT2D eigenvalue weighted by Crippen LogP contribution is -2.21. The number of ether oxygens (including phenoxy) is 1. The molecule has 1 amide bonds. The number of benzene rings is 1. The third kappa shape index (κ3) is 3.48. The van der Waals surface area contributed by atoms with Gasteiger partial charge >= 0.3 is 0 Å². The van der Waals surface area contributed by atoms with Crippen molar-refractivity contribution in [1.82, 2.24) is 9.97 Å². The van der Waals surface area contributed by atoms with Crippen molar-refractivity contribution in [2.24, 2.45) is 0 Å². The summed E-state index contributed by atoms with van der Waals surface area (Å²) < 4.78 is 6.46. The molecule has 0 spiro atoms. The summed E-state index contributed by atoms with van der Waals surface area (Å²) in [5.74, 6) is 0.505. The van der Waals surface area contributed by atoms with Gasteiger partial charge in [-0.25, -0.2) is 4.98 Å². The van der Waals surface area contributed by atoms with Crippen LogP contribution in [0.1, 0.15) is 29.9 Å². The van der Waals surface area contributed by atoms with Crippen LogP contribution in [0.4, 0.5) is 10.8 Å². The highest BCUT2D eigenvalue weighted by molar-refractivity contribution is 7.23. The molecule has 0 aliphatic heterocycles. The Kier molecular flexibility index (Phi) is 5.37. The number of nitrogens with zero attached hydrogens (tertiary/aromatic N) is 3. The van der Waals surface area contributed by atoms with Crippen molar-refractivity contribution in [2.45, 2.75) is 20.8 Å². The number of nitrogens with one attached hydrogen (secondary N) is 1. The van der Waals surface area contributed by atoms with Gasteiger partial charge in [0.1, 0.15) is 11.3 Å². The Labute approximate surface area is 156 Å². The Morgan fingerprint density at radius 3 is 2.69 bits per heavy atom. The fraction of sp³-hybridized carbons (Fsp3) is 0.316. The van der Waals surface area contributed by atoms with E-state index in [2.05, 4.69) is 34.0 Å². The van der Waals surface area contributed by atoms with Gasteiger partial charge in [0.2, 0.25) is 0 Å². The third-order valence-electron chi connectivity index (χ3n) is 4.19. The van der Waals surface area contributed by atoms with Crippen LogP contribution in [-0.2, 0) is 0 Å². The molecule has 2 heterocycles. The predicted octanol–water partition coefficient (Wildman–Crippen LogP) is 4.11. The number of amides is 1. The van der Waals surface area contributed by atoms with Crippen LogP contribution in [0.15, 0.2) is 30.5 Å². The molecule has 1 N–H and O–H groups in total. The number of methoxy groups -OCH3 is 1. The van der Waals surface area contributed by atoms with Crippen molar-refractivity contribution in [3.63, 3.8) is 0 Å². The maximum absolute atomic E-state index is 12.5. The topological polar surface area (TPSA) is 67.3 Å². The largest absolute Gasteiger partial charge is 0.494 e. The predicted molar refractivity (Wildman–Crippen MR) is 107 cm³/mol. The van der Waals surface area contributed by atoms with E-state index in [-0.39, 0.29) is 5.91 Å². The molecule has 0 bridgehead atoms. The van der Waals surface area contributed by atoms with E-state index in [9.17, 15) is 4.79 Å². The second-order valence-electron chi connectivity index (χ2n) is 5.80. The van der Waals surface area contributed by atoms with Gasteiger partial charge in [-0.3, -0.25) is 15.1 Å². The zero-order valence-corrected chi connectivity index (χ0v) is 16.2. The third-order valence-corrected chi connectivity index (χ3v) is 5.18. The molecule has 1 aromatic carbocycles. The van der Waals surface area contributed by atoms with E-state index in [0.29, 0.717) is 16.4 Å². The van der Waals surface area contributed by atoms with Crippen molar-refractivity contribution in [3.05, 3.63) is 41.7 Å². The van der Waals surface area contributed by atoms with Crippen LogP contribution in [0.5, 0.6) is 5.75 Å². The average molecular weight is 370 g/mol. The zero-order chi connectivity index (χ0) is 18.7. The molecular formula is C19H22N4O2S. The lowest BCUT2D eigenvalue weighted by atomic mass is 10.2. The minimum atomic E-state index is -0.196. The van der Waals surface area contributed by atoms with Gasteiger partial charge in [-0.15, -0.1) is 0 Å². The van der Waals surface area contributed by atoms with Crippen molar-refractivity contribution in [3.8, 4) is 5.75 Å². The summed E-state index contributed by atoms with van der Waals surface area (Å²) in [5, 5.41) is 3.45. The normalized spacial score (nSPS) is 10.8. The first-order valence-electron chi connectivity index (χ1n) is 8.53. The van der Waals surface area contributed by atoms with Crippen LogP contribution < -0.4 is 15.0 Å². The second kappa shape index (κ2) is 7.70. The Morgan fingerprint density at radius 2 is 2.04 bits per heavy atom. The first kappa shape index (κ1) is 18.1. The quantitative estimate of drug-likeness (QED) is 0.707. The second-order valence-corrected chi connectivity index (χ2v) is 6.80. The summed E-state index contributed by atoms with van der Waals surface area (Å²) in [6, 6.07) is 7.42. The van der Waals surface area contributed by atoms with Crippen molar-refractivity contribution in [1.29, 1.82) is 0 Å². The molecular weight excluding hydrogens is 348 g/mol. The van der Waals surface area contributed by atoms with Gasteiger partial charge < -0.3 is 9.64 Å². The summed E-state index contributed by atoms with van der Waals surface area (Å²) in [6.07, 6.45) is 1.63. The van der Waals surface area contributed by atoms with Gasteiger partial charge in [0, 0.05) is 30.5 Å². The number of carbonyl (C=O) groups is 1. The lowest BCUT2D eigenvalue weighted by molar-refractivity contribution is 0.102. The molecule has 7 heteroatoms. The van der Waals surface area contributed by atoms with Crippen molar-refractivity contribution in [2.75, 3.05) is 30.4 Å². The number of aromatic nitrogens is 2. The standard InChI is InChI=1S/C19H22N4O2S/c1-5-23(6-2)14-7-8-15(25-4)16-17(14)26-19(21-16)22-18(24)13-9-10-20-12(3)11-13/h7-11H,5-6H2,1-4H3,(H,21,22,24). The Balaban J connectivity index is 1.99. The number of fused-ring (bicyclic) bond motifs is 1. The maximum Gasteiger partial charge on any atom is 0.257 e. The van der Waals surface area contributed by atoms with Crippen LogP contribution in [0.3, 0.4) is 0 Å². The number of hydrogen-bond donors (Lipinski definition) is 1. The van der Waals surface area contributed by atoms with E-state index in [1.807, 2.05) is 19.1 Å². The minimum Gasteiger partial charge on any atom is -0.494 e. The van der Waals surface area contributed by atoms with Crippen LogP contribution in [0.2, 0.25) is 0 Å². The smallest absolute Gasteiger partial charge is 0.257 e. The average Bonchev–Trinajstić information content (AvgIpc) is 3.06. The number of anilines is 2. The molecule has 26 heavy (non-hydrogen) atoms. The first-order chi connectivity index (χ1) is 12.6. The van der Waals surface area contributed by atoms with E-state index in [4.69, 9.17) is 4.74 Å². The fourth-order valence-corrected chi connectivity index (χ4v) is 3.88.